The van der Waals surface area contributed by atoms with Crippen LogP contribution in [0.15, 0.2) is 15.2 Å². The number of hydrogen-bond donors (Lipinski definition) is 1. The summed E-state index contributed by atoms with van der Waals surface area (Å²) in [5.41, 5.74) is 6.73. The van der Waals surface area contributed by atoms with Gasteiger partial charge in [-0.2, -0.15) is 0 Å². The zero-order valence-corrected chi connectivity index (χ0v) is 9.52. The maximum atomic E-state index is 10.9. The Morgan fingerprint density at radius 3 is 3.00 bits per heavy atom. The molecule has 1 atom stereocenters. The first-order valence-electron chi connectivity index (χ1n) is 3.70. The Bertz CT molecular complexity index is 300. The molecular formula is C8H10BrNO2S. The number of carbonyl (C=O) groups excluding carboxylic acids is 1. The molecule has 0 amide bonds. The van der Waals surface area contributed by atoms with Crippen LogP contribution in [0.1, 0.15) is 18.0 Å². The molecule has 0 saturated heterocycles. The van der Waals surface area contributed by atoms with Crippen molar-refractivity contribution in [3.05, 3.63) is 20.8 Å². The van der Waals surface area contributed by atoms with E-state index < -0.39 is 0 Å². The normalized spacial score (nSPS) is 12.5. The van der Waals surface area contributed by atoms with E-state index in [-0.39, 0.29) is 18.4 Å². The molecule has 13 heavy (non-hydrogen) atoms. The van der Waals surface area contributed by atoms with Gasteiger partial charge in [0.05, 0.1) is 17.3 Å². The third kappa shape index (κ3) is 3.10. The number of halogens is 1. The van der Waals surface area contributed by atoms with E-state index in [0.29, 0.717) is 0 Å². The Hall–Kier alpha value is -0.390. The van der Waals surface area contributed by atoms with Gasteiger partial charge in [-0.3, -0.25) is 4.79 Å². The molecule has 1 aromatic heterocycles. The summed E-state index contributed by atoms with van der Waals surface area (Å²) in [5.74, 6) is -0.283. The van der Waals surface area contributed by atoms with Crippen molar-refractivity contribution in [1.82, 2.24) is 0 Å². The summed E-state index contributed by atoms with van der Waals surface area (Å²) in [5, 5.41) is 1.93. The highest BCUT2D eigenvalue weighted by Gasteiger charge is 2.12. The predicted octanol–water partition coefficient (Wildman–Crippen LogP) is 2.07. The number of thiophene rings is 1. The quantitative estimate of drug-likeness (QED) is 0.850. The second kappa shape index (κ2) is 4.74. The smallest absolute Gasteiger partial charge is 0.307 e. The van der Waals surface area contributed by atoms with Crippen molar-refractivity contribution in [2.75, 3.05) is 7.11 Å². The number of esters is 1. The first-order chi connectivity index (χ1) is 6.13. The average Bonchev–Trinajstić information content (AvgIpc) is 2.51. The lowest BCUT2D eigenvalue weighted by atomic mass is 10.1. The summed E-state index contributed by atoms with van der Waals surface area (Å²) in [6, 6.07) is 1.65. The van der Waals surface area contributed by atoms with E-state index >= 15 is 0 Å². The van der Waals surface area contributed by atoms with Crippen LogP contribution in [0.3, 0.4) is 0 Å². The van der Waals surface area contributed by atoms with E-state index in [4.69, 9.17) is 5.73 Å². The second-order valence-corrected chi connectivity index (χ2v) is 4.86. The van der Waals surface area contributed by atoms with Gasteiger partial charge in [0.1, 0.15) is 0 Å². The van der Waals surface area contributed by atoms with Gasteiger partial charge in [0.15, 0.2) is 0 Å². The van der Waals surface area contributed by atoms with Crippen molar-refractivity contribution in [3.63, 3.8) is 0 Å². The molecule has 0 bridgehead atoms. The Balaban J connectivity index is 2.58. The van der Waals surface area contributed by atoms with Crippen molar-refractivity contribution < 1.29 is 9.53 Å². The van der Waals surface area contributed by atoms with Crippen molar-refractivity contribution in [2.45, 2.75) is 12.5 Å². The fraction of sp³-hybridized carbons (Fsp3) is 0.375. The predicted molar refractivity (Wildman–Crippen MR) is 55.6 cm³/mol. The molecule has 2 N–H and O–H groups in total. The van der Waals surface area contributed by atoms with Crippen LogP contribution in [0.5, 0.6) is 0 Å². The SMILES string of the molecule is COC(=O)C[C@@H](N)c1csc(Br)c1. The standard InChI is InChI=1S/C8H10BrNO2S/c1-12-8(11)3-6(10)5-2-7(9)13-4-5/h2,4,6H,3,10H2,1H3/t6-/m1/s1. The minimum atomic E-state index is -0.283. The van der Waals surface area contributed by atoms with Crippen molar-refractivity contribution in [1.29, 1.82) is 0 Å². The lowest BCUT2D eigenvalue weighted by molar-refractivity contribution is -0.141. The lowest BCUT2D eigenvalue weighted by Gasteiger charge is -2.06. The van der Waals surface area contributed by atoms with Crippen LogP contribution in [-0.2, 0) is 9.53 Å². The fourth-order valence-electron chi connectivity index (χ4n) is 0.899. The largest absolute Gasteiger partial charge is 0.469 e. The third-order valence-corrected chi connectivity index (χ3v) is 3.15. The molecule has 0 aliphatic heterocycles. The molecule has 72 valence electrons. The van der Waals surface area contributed by atoms with Crippen LogP contribution in [0.25, 0.3) is 0 Å². The zero-order valence-electron chi connectivity index (χ0n) is 7.12. The molecule has 1 heterocycles. The Morgan fingerprint density at radius 1 is 1.85 bits per heavy atom. The van der Waals surface area contributed by atoms with Crippen molar-refractivity contribution >= 4 is 33.2 Å². The highest BCUT2D eigenvalue weighted by Crippen LogP contribution is 2.25. The number of carbonyl (C=O) groups is 1. The van der Waals surface area contributed by atoms with Crippen LogP contribution in [0.4, 0.5) is 0 Å². The van der Waals surface area contributed by atoms with E-state index in [0.717, 1.165) is 9.35 Å². The summed E-state index contributed by atoms with van der Waals surface area (Å²) in [6.07, 6.45) is 0.222. The number of nitrogens with two attached hydrogens (primary N) is 1. The summed E-state index contributed by atoms with van der Waals surface area (Å²) in [4.78, 5) is 10.9. The van der Waals surface area contributed by atoms with Gasteiger partial charge in [0, 0.05) is 6.04 Å². The van der Waals surface area contributed by atoms with Crippen LogP contribution in [-0.4, -0.2) is 13.1 Å². The first kappa shape index (κ1) is 10.7. The van der Waals surface area contributed by atoms with Gasteiger partial charge in [-0.1, -0.05) is 0 Å². The second-order valence-electron chi connectivity index (χ2n) is 2.57. The highest BCUT2D eigenvalue weighted by atomic mass is 79.9. The maximum Gasteiger partial charge on any atom is 0.307 e. The number of rotatable bonds is 3. The Morgan fingerprint density at radius 2 is 2.54 bits per heavy atom. The van der Waals surface area contributed by atoms with E-state index in [1.807, 2.05) is 11.4 Å². The van der Waals surface area contributed by atoms with E-state index in [2.05, 4.69) is 20.7 Å². The monoisotopic (exact) mass is 263 g/mol. The maximum absolute atomic E-state index is 10.9. The summed E-state index contributed by atoms with van der Waals surface area (Å²) in [6.45, 7) is 0. The molecule has 0 aliphatic rings. The van der Waals surface area contributed by atoms with Gasteiger partial charge in [-0.05, 0) is 32.9 Å². The number of methoxy groups -OCH3 is 1. The van der Waals surface area contributed by atoms with Crippen molar-refractivity contribution in [3.8, 4) is 0 Å². The fourth-order valence-corrected chi connectivity index (χ4v) is 2.14. The molecule has 0 saturated carbocycles. The van der Waals surface area contributed by atoms with Gasteiger partial charge in [-0.15, -0.1) is 11.3 Å². The summed E-state index contributed by atoms with van der Waals surface area (Å²) in [7, 11) is 1.36. The molecule has 0 aromatic carbocycles. The van der Waals surface area contributed by atoms with Gasteiger partial charge < -0.3 is 10.5 Å². The van der Waals surface area contributed by atoms with Gasteiger partial charge in [0.25, 0.3) is 0 Å². The lowest BCUT2D eigenvalue weighted by Crippen LogP contribution is -2.15. The molecule has 1 aromatic rings. The minimum Gasteiger partial charge on any atom is -0.469 e. The third-order valence-electron chi connectivity index (χ3n) is 1.63. The molecule has 0 spiro atoms. The molecule has 0 fully saturated rings. The van der Waals surface area contributed by atoms with Gasteiger partial charge in [-0.25, -0.2) is 0 Å². The molecule has 3 nitrogen and oxygen atoms in total. The molecule has 1 rings (SSSR count). The summed E-state index contributed by atoms with van der Waals surface area (Å²) < 4.78 is 5.54. The van der Waals surface area contributed by atoms with E-state index in [1.165, 1.54) is 7.11 Å². The molecule has 5 heteroatoms. The minimum absolute atomic E-state index is 0.222. The molecular weight excluding hydrogens is 254 g/mol. The van der Waals surface area contributed by atoms with E-state index in [1.54, 1.807) is 11.3 Å². The molecule has 0 aliphatic carbocycles. The zero-order chi connectivity index (χ0) is 9.84. The number of hydrogen-bond acceptors (Lipinski definition) is 4. The first-order valence-corrected chi connectivity index (χ1v) is 5.37. The molecule has 0 radical (unpaired) electrons. The Labute approximate surface area is 89.0 Å². The van der Waals surface area contributed by atoms with Gasteiger partial charge in [0.2, 0.25) is 0 Å². The average molecular weight is 264 g/mol. The number of ether oxygens (including phenoxy) is 1. The van der Waals surface area contributed by atoms with Crippen LogP contribution < -0.4 is 5.73 Å². The van der Waals surface area contributed by atoms with Crippen LogP contribution in [0, 0.1) is 0 Å². The topological polar surface area (TPSA) is 52.3 Å². The van der Waals surface area contributed by atoms with Gasteiger partial charge >= 0.3 is 5.97 Å². The van der Waals surface area contributed by atoms with E-state index in [9.17, 15) is 4.79 Å². The van der Waals surface area contributed by atoms with Crippen LogP contribution in [0.2, 0.25) is 0 Å². The molecule has 0 unspecified atom stereocenters. The van der Waals surface area contributed by atoms with Crippen molar-refractivity contribution in [2.24, 2.45) is 5.73 Å². The highest BCUT2D eigenvalue weighted by molar-refractivity contribution is 9.11. The summed E-state index contributed by atoms with van der Waals surface area (Å²) >= 11 is 4.88. The van der Waals surface area contributed by atoms with Crippen LogP contribution >= 0.6 is 27.3 Å². The Kier molecular flexibility index (Phi) is 3.90.